The topological polar surface area (TPSA) is 245 Å². The summed E-state index contributed by atoms with van der Waals surface area (Å²) in [5, 5.41) is 39.3. The van der Waals surface area contributed by atoms with E-state index in [9.17, 15) is 19.8 Å². The Bertz CT molecular complexity index is 2990. The number of nitrogens with two attached hydrogens (primary N) is 1. The van der Waals surface area contributed by atoms with E-state index >= 15 is 0 Å². The number of carbonyl (C=O) groups excluding carboxylic acids is 1. The molecule has 0 spiro atoms. The number of aromatic carboxylic acids is 1. The maximum Gasteiger partial charge on any atom is 0.354 e. The maximum absolute atomic E-state index is 12.9. The van der Waals surface area contributed by atoms with Crippen molar-refractivity contribution in [3.05, 3.63) is 131 Å². The summed E-state index contributed by atoms with van der Waals surface area (Å²) in [6, 6.07) is 18.8. The zero-order valence-electron chi connectivity index (χ0n) is 55.4. The molecular formula is C46H52F50N10O7. The number of aromatic nitrogens is 8. The van der Waals surface area contributed by atoms with E-state index in [4.69, 9.17) is 249 Å². The van der Waals surface area contributed by atoms with Crippen LogP contribution < -0.4 is 11.1 Å². The smallest absolute Gasteiger partial charge is 0.354 e. The van der Waals surface area contributed by atoms with E-state index < -0.39 is 17.2 Å². The number of nitrogen functional groups attached to an aromatic ring is 1. The summed E-state index contributed by atoms with van der Waals surface area (Å²) in [5.41, 5.74) is 13.4. The quantitative estimate of drug-likeness (QED) is 0.0597. The molecule has 67 heteroatoms. The first-order valence-electron chi connectivity index (χ1n) is 23.8. The lowest BCUT2D eigenvalue weighted by molar-refractivity contribution is 0.0681. The van der Waals surface area contributed by atoms with Crippen molar-refractivity contribution in [1.82, 2.24) is 39.1 Å². The van der Waals surface area contributed by atoms with Crippen LogP contribution in [-0.4, -0.2) is 77.4 Å². The molecule has 1 amide bonds. The predicted molar refractivity (Wildman–Crippen MR) is 293 cm³/mol. The van der Waals surface area contributed by atoms with Crippen LogP contribution in [0.25, 0.3) is 34.1 Å². The molecule has 6 heterocycles. The number of hydrogen-bond donors (Lipinski definition) is 5. The van der Waals surface area contributed by atoms with Crippen LogP contribution in [0.1, 0.15) is 95.5 Å². The molecular weight excluding hydrogens is 1750 g/mol. The molecule has 8 rings (SSSR count). The molecule has 6 aromatic heterocycles. The summed E-state index contributed by atoms with van der Waals surface area (Å²) >= 11 is 0. The van der Waals surface area contributed by atoms with Crippen molar-refractivity contribution in [2.75, 3.05) is 11.1 Å². The number of fused-ring (bicyclic) bond motifs is 2. The molecule has 17 nitrogen and oxygen atoms in total. The second kappa shape index (κ2) is 131. The van der Waals surface area contributed by atoms with E-state index in [-0.39, 0.29) is 11.6 Å². The number of carboxylic acid groups (broad SMARTS) is 1. The molecule has 0 radical (unpaired) electrons. The van der Waals surface area contributed by atoms with E-state index in [2.05, 4.69) is 35.6 Å². The molecule has 0 saturated heterocycles. The fraction of sp³-hybridized carbons (Fsp3) is 0.304. The number of anilines is 2. The largest absolute Gasteiger partial charge is 0.477 e. The number of amides is 1. The predicted octanol–water partition coefficient (Wildman–Crippen LogP) is 28.6. The van der Waals surface area contributed by atoms with E-state index in [1.807, 2.05) is 94.6 Å². The number of carboxylic acids is 1. The van der Waals surface area contributed by atoms with Gasteiger partial charge < -0.3 is 35.4 Å². The van der Waals surface area contributed by atoms with Gasteiger partial charge in [0.1, 0.15) is 17.0 Å². The van der Waals surface area contributed by atoms with Gasteiger partial charge in [0.15, 0.2) is 5.69 Å². The van der Waals surface area contributed by atoms with Crippen LogP contribution in [0.2, 0.25) is 0 Å². The van der Waals surface area contributed by atoms with Gasteiger partial charge in [-0.3, -0.25) is 13.6 Å². The number of aliphatic hydroxyl groups is 2. The monoisotopic (exact) mass is 1810 g/mol. The molecule has 2 aromatic carbocycles. The van der Waals surface area contributed by atoms with Gasteiger partial charge >= 0.3 is 5.97 Å². The minimum Gasteiger partial charge on any atom is -0.477 e. The molecule has 0 aliphatic heterocycles. The highest BCUT2D eigenvalue weighted by Gasteiger charge is 2.19. The lowest BCUT2D eigenvalue weighted by Crippen LogP contribution is -2.19. The minimum absolute atomic E-state index is 0.190. The molecule has 8 aromatic rings. The third-order valence-electron chi connectivity index (χ3n) is 9.91. The molecule has 6 N–H and O–H groups in total. The van der Waals surface area contributed by atoms with Crippen LogP contribution >= 0.6 is 0 Å². The van der Waals surface area contributed by atoms with Gasteiger partial charge in [0.2, 0.25) is 23.4 Å². The van der Waals surface area contributed by atoms with Crippen LogP contribution in [0.3, 0.4) is 0 Å². The van der Waals surface area contributed by atoms with Gasteiger partial charge in [-0.1, -0.05) is 34.6 Å². The number of nitrogens with one attached hydrogen (secondary N) is 1. The van der Waals surface area contributed by atoms with Crippen molar-refractivity contribution in [1.29, 1.82) is 0 Å². The minimum atomic E-state index is -0.962. The maximum atomic E-state index is 12.9. The summed E-state index contributed by atoms with van der Waals surface area (Å²) in [6.45, 7) is 14.8. The Hall–Kier alpha value is -10.7. The zero-order chi connectivity index (χ0) is 95.6. The number of pyridine rings is 2. The molecule has 0 aliphatic carbocycles. The second-order valence-electron chi connectivity index (χ2n) is 16.7. The first kappa shape index (κ1) is 155. The summed E-state index contributed by atoms with van der Waals surface area (Å²) < 4.78 is 414. The lowest BCUT2D eigenvalue weighted by Gasteiger charge is -2.14. The van der Waals surface area contributed by atoms with Gasteiger partial charge in [-0.2, -0.15) is 9.97 Å². The third-order valence-corrected chi connectivity index (χ3v) is 9.91. The Labute approximate surface area is 593 Å². The Balaban J connectivity index is -0.0000000513. The number of aryl methyl sites for hydroxylation is 6. The molecule has 0 fully saturated rings. The zero-order valence-corrected chi connectivity index (χ0v) is 55.4. The van der Waals surface area contributed by atoms with Crippen molar-refractivity contribution < 1.29 is 263 Å². The Morgan fingerprint density at radius 1 is 0.398 bits per heavy atom. The van der Waals surface area contributed by atoms with Gasteiger partial charge in [0.05, 0.1) is 23.6 Å². The summed E-state index contributed by atoms with van der Waals surface area (Å²) in [5.74, 6) is 0.733. The molecule has 0 saturated carbocycles. The number of imidazole rings is 2. The van der Waals surface area contributed by atoms with E-state index in [0.29, 0.717) is 71.8 Å². The number of carbonyl (C=O) groups is 2. The number of benzene rings is 2. The fourth-order valence-electron chi connectivity index (χ4n) is 6.13. The van der Waals surface area contributed by atoms with Gasteiger partial charge in [-0.05, 0) is 127 Å². The van der Waals surface area contributed by atoms with Crippen LogP contribution in [0.4, 0.5) is 240 Å². The average molecular weight is 1810 g/mol. The normalized spacial score (nSPS) is 7.75. The number of halogens is 50. The van der Waals surface area contributed by atoms with E-state index in [1.54, 1.807) is 48.9 Å². The van der Waals surface area contributed by atoms with Gasteiger partial charge in [-0.25, -0.2) is 14.8 Å². The number of nitrogens with zero attached hydrogens (tertiary/aromatic N) is 8. The molecule has 0 unspecified atom stereocenters. The lowest BCUT2D eigenvalue weighted by atomic mass is 10.0. The fourth-order valence-corrected chi connectivity index (χ4v) is 6.13. The first-order chi connectivity index (χ1) is 54.7. The number of hydrogen-bond acceptors (Lipinski definition) is 13. The summed E-state index contributed by atoms with van der Waals surface area (Å²) in [6.07, 6.45) is 8.60. The van der Waals surface area contributed by atoms with Crippen LogP contribution in [-0.2, 0) is 12.8 Å². The van der Waals surface area contributed by atoms with Crippen molar-refractivity contribution in [3.8, 4) is 22.8 Å². The number of rotatable bonds is 11. The third kappa shape index (κ3) is 83.6. The van der Waals surface area contributed by atoms with Gasteiger partial charge in [0.25, 0.3) is 5.91 Å². The highest BCUT2D eigenvalue weighted by molar-refractivity contribution is 6.04. The Morgan fingerprint density at radius 3 is 0.938 bits per heavy atom. The standard InChI is InChI=1S/C23H25N5O3.C14H19N3O2.C9H8N2O2.25F2/c1-14-8-10-28-18(13-24-19(28)11-14)22(29)25-17-12-16(6-5-15(17)2)21-26-20(31-27-21)7-9-23(3,4)30;1-9-4-5-10(8-11(9)15)13-16-12(19-17-13)6-7-14(2,3)18;1-6-2-3-11-7(9(12)13)5-10-8(11)4-6;25*1-2/h5-6,8,10-13,30H,7,9H2,1-4H3,(H,25,29);4-5,8,18H,6-7,15H2,1-3H3;2-5H,1H3,(H,12,13);;;;;;;;;;;;;;;;;;;;;;;;;. The van der Waals surface area contributed by atoms with Crippen molar-refractivity contribution in [2.24, 2.45) is 0 Å². The molecule has 0 bridgehead atoms. The van der Waals surface area contributed by atoms with E-state index in [0.717, 1.165) is 39.0 Å². The van der Waals surface area contributed by atoms with Crippen molar-refractivity contribution in [2.45, 2.75) is 92.3 Å². The van der Waals surface area contributed by atoms with Crippen molar-refractivity contribution in [3.63, 3.8) is 0 Å². The molecule has 0 aliphatic rings. The average Bonchev–Trinajstić information content (AvgIpc) is 1.69. The first-order valence-corrected chi connectivity index (χ1v) is 23.8. The highest BCUT2D eigenvalue weighted by Crippen LogP contribution is 2.26. The van der Waals surface area contributed by atoms with Crippen LogP contribution in [0.15, 0.2) is 94.5 Å². The second-order valence-corrected chi connectivity index (χ2v) is 16.7. The van der Waals surface area contributed by atoms with Crippen LogP contribution in [0, 0.1) is 27.7 Å². The SMILES string of the molecule is Cc1ccc(-c2noc(CCC(C)(C)O)n2)cc1N.Cc1ccn2c(C(=O)Nc3cc(-c4noc(CCC(C)(C)O)n4)ccc3C)cnc2c1.Cc1ccn2c(C(=O)O)cnc2c1.FF.FF.FF.FF.FF.FF.FF.FF.FF.FF.FF.FF.FF.FF.FF.FF.FF.FF.FF.FF.FF.FF.FF.FF.FF. The highest BCUT2D eigenvalue weighted by atomic mass is 20.0. The van der Waals surface area contributed by atoms with E-state index in [1.165, 1.54) is 6.20 Å². The van der Waals surface area contributed by atoms with Gasteiger partial charge in [-0.15, -0.1) is 0 Å². The Morgan fingerprint density at radius 2 is 0.664 bits per heavy atom. The molecule has 113 heavy (non-hydrogen) atoms. The Kier molecular flexibility index (Phi) is 179. The molecule has 678 valence electrons. The van der Waals surface area contributed by atoms with Gasteiger partial charge in [0, 0.05) is 276 Å². The summed E-state index contributed by atoms with van der Waals surface area (Å²) in [7, 11) is 0. The summed E-state index contributed by atoms with van der Waals surface area (Å²) in [4.78, 5) is 40.6. The molecule has 0 atom stereocenters. The van der Waals surface area contributed by atoms with Crippen LogP contribution in [0.5, 0.6) is 0 Å². The van der Waals surface area contributed by atoms with Crippen molar-refractivity contribution >= 4 is 34.5 Å².